The lowest BCUT2D eigenvalue weighted by molar-refractivity contribution is 0.0636. The van der Waals surface area contributed by atoms with E-state index in [0.29, 0.717) is 17.0 Å². The smallest absolute Gasteiger partial charge is 0.412 e. The molecule has 5 nitrogen and oxygen atoms in total. The lowest BCUT2D eigenvalue weighted by Gasteiger charge is -2.20. The zero-order valence-corrected chi connectivity index (χ0v) is 15.2. The first-order valence-electron chi connectivity index (χ1n) is 7.98. The third-order valence-corrected chi connectivity index (χ3v) is 3.47. The van der Waals surface area contributed by atoms with E-state index < -0.39 is 11.7 Å². The number of methoxy groups -OCH3 is 1. The first-order chi connectivity index (χ1) is 11.7. The number of carbonyl (C=O) groups is 2. The summed E-state index contributed by atoms with van der Waals surface area (Å²) in [6.07, 6.45) is 0.292. The molecular formula is C20H23NO4. The molecule has 0 bridgehead atoms. The molecule has 0 saturated heterocycles. The van der Waals surface area contributed by atoms with Crippen molar-refractivity contribution >= 4 is 18.1 Å². The van der Waals surface area contributed by atoms with E-state index in [9.17, 15) is 9.59 Å². The summed E-state index contributed by atoms with van der Waals surface area (Å²) < 4.78 is 10.7. The molecule has 5 heteroatoms. The number of hydrogen-bond acceptors (Lipinski definition) is 4. The van der Waals surface area contributed by atoms with Crippen LogP contribution < -0.4 is 10.1 Å². The molecule has 132 valence electrons. The summed E-state index contributed by atoms with van der Waals surface area (Å²) in [5.74, 6) is 0.556. The Morgan fingerprint density at radius 1 is 1.08 bits per heavy atom. The second-order valence-corrected chi connectivity index (χ2v) is 6.75. The second-order valence-electron chi connectivity index (χ2n) is 6.75. The lowest BCUT2D eigenvalue weighted by atomic mass is 9.97. The molecule has 0 aliphatic carbocycles. The van der Waals surface area contributed by atoms with Crippen LogP contribution in [-0.2, 0) is 4.74 Å². The van der Waals surface area contributed by atoms with Gasteiger partial charge in [0.2, 0.25) is 0 Å². The SMILES string of the molecule is COc1cc(NC(=O)OC(C)(C)C)ccc1-c1ccc(C)cc1C=O. The monoisotopic (exact) mass is 341 g/mol. The summed E-state index contributed by atoms with van der Waals surface area (Å²) in [5.41, 5.74) is 3.13. The van der Waals surface area contributed by atoms with E-state index in [1.165, 1.54) is 0 Å². The van der Waals surface area contributed by atoms with Crippen molar-refractivity contribution in [3.8, 4) is 16.9 Å². The van der Waals surface area contributed by atoms with Crippen LogP contribution in [0.3, 0.4) is 0 Å². The molecule has 0 aromatic heterocycles. The Morgan fingerprint density at radius 3 is 2.36 bits per heavy atom. The quantitative estimate of drug-likeness (QED) is 0.809. The van der Waals surface area contributed by atoms with Gasteiger partial charge in [0.1, 0.15) is 11.4 Å². The van der Waals surface area contributed by atoms with Gasteiger partial charge in [-0.15, -0.1) is 0 Å². The Bertz CT molecular complexity index is 791. The Morgan fingerprint density at radius 2 is 1.76 bits per heavy atom. The van der Waals surface area contributed by atoms with Crippen LogP contribution in [0.4, 0.5) is 10.5 Å². The van der Waals surface area contributed by atoms with Crippen molar-refractivity contribution in [2.45, 2.75) is 33.3 Å². The fraction of sp³-hybridized carbons (Fsp3) is 0.300. The second kappa shape index (κ2) is 7.38. The van der Waals surface area contributed by atoms with E-state index in [0.717, 1.165) is 23.0 Å². The van der Waals surface area contributed by atoms with Gasteiger partial charge in [-0.2, -0.15) is 0 Å². The zero-order valence-electron chi connectivity index (χ0n) is 15.2. The number of benzene rings is 2. The number of carbonyl (C=O) groups excluding carboxylic acids is 2. The molecule has 2 rings (SSSR count). The fourth-order valence-electron chi connectivity index (χ4n) is 2.44. The third-order valence-electron chi connectivity index (χ3n) is 3.47. The Labute approximate surface area is 148 Å². The molecule has 0 atom stereocenters. The largest absolute Gasteiger partial charge is 0.496 e. The molecule has 0 heterocycles. The summed E-state index contributed by atoms with van der Waals surface area (Å²) in [7, 11) is 1.55. The highest BCUT2D eigenvalue weighted by Gasteiger charge is 2.17. The first kappa shape index (κ1) is 18.5. The number of ether oxygens (including phenoxy) is 2. The maximum Gasteiger partial charge on any atom is 0.412 e. The highest BCUT2D eigenvalue weighted by atomic mass is 16.6. The number of nitrogens with one attached hydrogen (secondary N) is 1. The number of hydrogen-bond donors (Lipinski definition) is 1. The van der Waals surface area contributed by atoms with E-state index in [4.69, 9.17) is 9.47 Å². The van der Waals surface area contributed by atoms with Crippen LogP contribution in [0.15, 0.2) is 36.4 Å². The Kier molecular flexibility index (Phi) is 5.47. The average molecular weight is 341 g/mol. The van der Waals surface area contributed by atoms with Gasteiger partial charge in [0.15, 0.2) is 6.29 Å². The van der Waals surface area contributed by atoms with Gasteiger partial charge in [0.05, 0.1) is 7.11 Å². The molecule has 0 fully saturated rings. The molecule has 1 N–H and O–H groups in total. The minimum Gasteiger partial charge on any atom is -0.496 e. The molecule has 0 aliphatic rings. The third kappa shape index (κ3) is 4.83. The molecule has 2 aromatic carbocycles. The predicted molar refractivity (Wildman–Crippen MR) is 98.4 cm³/mol. The van der Waals surface area contributed by atoms with Crippen molar-refractivity contribution in [2.24, 2.45) is 0 Å². The number of amides is 1. The van der Waals surface area contributed by atoms with Gasteiger partial charge in [0.25, 0.3) is 0 Å². The minimum atomic E-state index is -0.575. The summed E-state index contributed by atoms with van der Waals surface area (Å²) >= 11 is 0. The maximum absolute atomic E-state index is 11.9. The molecule has 2 aromatic rings. The number of aryl methyl sites for hydroxylation is 1. The summed E-state index contributed by atoms with van der Waals surface area (Å²) in [4.78, 5) is 23.3. The van der Waals surface area contributed by atoms with Crippen LogP contribution in [0.1, 0.15) is 36.7 Å². The fourth-order valence-corrected chi connectivity index (χ4v) is 2.44. The van der Waals surface area contributed by atoms with E-state index in [1.54, 1.807) is 40.0 Å². The average Bonchev–Trinajstić information content (AvgIpc) is 2.53. The first-order valence-corrected chi connectivity index (χ1v) is 7.98. The standard InChI is InChI=1S/C20H23NO4/c1-13-6-8-16(14(10-13)12-22)17-9-7-15(11-18(17)24-5)21-19(23)25-20(2,3)4/h6-12H,1-5H3,(H,21,23). The van der Waals surface area contributed by atoms with Gasteiger partial charge in [0, 0.05) is 22.9 Å². The van der Waals surface area contributed by atoms with Gasteiger partial charge in [-0.05, 0) is 51.5 Å². The van der Waals surface area contributed by atoms with Crippen molar-refractivity contribution in [3.63, 3.8) is 0 Å². The van der Waals surface area contributed by atoms with Crippen molar-refractivity contribution in [1.82, 2.24) is 0 Å². The number of rotatable bonds is 4. The van der Waals surface area contributed by atoms with E-state index in [-0.39, 0.29) is 0 Å². The van der Waals surface area contributed by atoms with Crippen LogP contribution in [0, 0.1) is 6.92 Å². The predicted octanol–water partition coefficient (Wildman–Crippen LogP) is 4.83. The van der Waals surface area contributed by atoms with Gasteiger partial charge >= 0.3 is 6.09 Å². The summed E-state index contributed by atoms with van der Waals surface area (Å²) in [6.45, 7) is 7.33. The van der Waals surface area contributed by atoms with Crippen molar-refractivity contribution in [1.29, 1.82) is 0 Å². The van der Waals surface area contributed by atoms with Crippen LogP contribution in [0.25, 0.3) is 11.1 Å². The topological polar surface area (TPSA) is 64.6 Å². The van der Waals surface area contributed by atoms with Crippen LogP contribution in [-0.4, -0.2) is 25.1 Å². The van der Waals surface area contributed by atoms with Crippen LogP contribution >= 0.6 is 0 Å². The van der Waals surface area contributed by atoms with Crippen LogP contribution in [0.2, 0.25) is 0 Å². The maximum atomic E-state index is 11.9. The number of anilines is 1. The summed E-state index contributed by atoms with van der Waals surface area (Å²) in [6, 6.07) is 10.9. The van der Waals surface area contributed by atoms with Gasteiger partial charge in [-0.25, -0.2) is 4.79 Å². The molecule has 0 spiro atoms. The Balaban J connectivity index is 2.34. The number of aldehydes is 1. The zero-order chi connectivity index (χ0) is 18.6. The molecular weight excluding hydrogens is 318 g/mol. The van der Waals surface area contributed by atoms with Gasteiger partial charge < -0.3 is 9.47 Å². The molecule has 0 unspecified atom stereocenters. The van der Waals surface area contributed by atoms with E-state index in [2.05, 4.69) is 5.32 Å². The van der Waals surface area contributed by atoms with E-state index in [1.807, 2.05) is 31.2 Å². The molecule has 25 heavy (non-hydrogen) atoms. The molecule has 0 saturated carbocycles. The van der Waals surface area contributed by atoms with Crippen molar-refractivity contribution < 1.29 is 19.1 Å². The van der Waals surface area contributed by atoms with Gasteiger partial charge in [-0.3, -0.25) is 10.1 Å². The lowest BCUT2D eigenvalue weighted by Crippen LogP contribution is -2.27. The van der Waals surface area contributed by atoms with Gasteiger partial charge in [-0.1, -0.05) is 17.7 Å². The normalized spacial score (nSPS) is 10.9. The molecule has 1 amide bonds. The Hall–Kier alpha value is -2.82. The van der Waals surface area contributed by atoms with Crippen LogP contribution in [0.5, 0.6) is 5.75 Å². The van der Waals surface area contributed by atoms with Crippen molar-refractivity contribution in [2.75, 3.05) is 12.4 Å². The minimum absolute atomic E-state index is 0.536. The van der Waals surface area contributed by atoms with E-state index >= 15 is 0 Å². The highest BCUT2D eigenvalue weighted by molar-refractivity contribution is 5.91. The van der Waals surface area contributed by atoms with Crippen molar-refractivity contribution in [3.05, 3.63) is 47.5 Å². The molecule has 0 aliphatic heterocycles. The summed E-state index contributed by atoms with van der Waals surface area (Å²) in [5, 5.41) is 2.68. The molecule has 0 radical (unpaired) electrons. The highest BCUT2D eigenvalue weighted by Crippen LogP contribution is 2.34.